The van der Waals surface area contributed by atoms with E-state index in [-0.39, 0.29) is 38.1 Å². The number of methoxy groups -OCH3 is 2. The number of alkyl carbamates (subject to hydrolysis) is 1. The molecule has 4 saturated heterocycles. The molecule has 4 aromatic carbocycles. The van der Waals surface area contributed by atoms with Crippen molar-refractivity contribution in [3.8, 4) is 17.2 Å². The molecule has 2 N–H and O–H groups in total. The monoisotopic (exact) mass is 879 g/mol. The molecule has 0 aliphatic carbocycles. The summed E-state index contributed by atoms with van der Waals surface area (Å²) in [6, 6.07) is 29.5. The first-order valence-electron chi connectivity index (χ1n) is 20.8. The Morgan fingerprint density at radius 1 is 0.790 bits per heavy atom. The number of likely N-dealkylation sites (tertiary alicyclic amines) is 1. The van der Waals surface area contributed by atoms with Gasteiger partial charge in [-0.3, -0.25) is 14.5 Å². The lowest BCUT2D eigenvalue weighted by molar-refractivity contribution is -0.377. The number of rotatable bonds is 15. The van der Waals surface area contributed by atoms with E-state index in [1.807, 2.05) is 66.7 Å². The number of hydrogen-bond acceptors (Lipinski definition) is 9. The van der Waals surface area contributed by atoms with E-state index in [0.717, 1.165) is 49.2 Å². The number of esters is 1. The Morgan fingerprint density at radius 2 is 1.52 bits per heavy atom. The maximum Gasteiger partial charge on any atom is 0.408 e. The standard InChI is InChI=1S/C48H48Cl2N4O8/c1-58-41-15-14-33(22-43(41)59-2)42(23-38-39(49)24-51-25-40(38)50)61-47(56)36-26-54(27-36)46(55)35-12-6-8-30(20-35)29-60-37-13-7-11-34(21-37)45(32-9-4-3-5-10-32)52-48(57)62-44-28-53-18-16-31(44)17-19-53/h3-15,20-22,24-25,31,36,42,44-45H,16-19,23,26-29H2,1-2H3,(H,52,57)/p+1/t42-,44-,45-/m0/s1. The molecular formula is C48H49Cl2N4O8+. The number of amides is 2. The zero-order valence-electron chi connectivity index (χ0n) is 34.6. The van der Waals surface area contributed by atoms with Gasteiger partial charge in [-0.2, -0.15) is 0 Å². The summed E-state index contributed by atoms with van der Waals surface area (Å²) in [4.78, 5) is 47.4. The molecule has 0 radical (unpaired) electrons. The summed E-state index contributed by atoms with van der Waals surface area (Å²) in [5.41, 5.74) is 4.32. The van der Waals surface area contributed by atoms with Crippen LogP contribution in [0.2, 0.25) is 10.0 Å². The third kappa shape index (κ3) is 9.94. The highest BCUT2D eigenvalue weighted by molar-refractivity contribution is 6.35. The van der Waals surface area contributed by atoms with Gasteiger partial charge in [0.2, 0.25) is 0 Å². The third-order valence-electron chi connectivity index (χ3n) is 11.9. The second kappa shape index (κ2) is 19.5. The molecule has 4 fully saturated rings. The molecule has 4 aliphatic rings. The topological polar surface area (TPSA) is 130 Å². The van der Waals surface area contributed by atoms with Crippen molar-refractivity contribution in [3.63, 3.8) is 0 Å². The van der Waals surface area contributed by atoms with Crippen LogP contribution in [-0.2, 0) is 27.3 Å². The summed E-state index contributed by atoms with van der Waals surface area (Å²) in [7, 11) is 3.08. The van der Waals surface area contributed by atoms with Gasteiger partial charge < -0.3 is 33.9 Å². The second-order valence-corrected chi connectivity index (χ2v) is 16.7. The summed E-state index contributed by atoms with van der Waals surface area (Å²) >= 11 is 13.0. The number of hydrogen-bond donors (Lipinski definition) is 1. The van der Waals surface area contributed by atoms with E-state index in [1.54, 1.807) is 54.7 Å². The van der Waals surface area contributed by atoms with Gasteiger partial charge in [-0.25, -0.2) is 9.78 Å². The van der Waals surface area contributed by atoms with Gasteiger partial charge in [-0.1, -0.05) is 83.9 Å². The average Bonchev–Trinajstić information content (AvgIpc) is 3.28. The summed E-state index contributed by atoms with van der Waals surface area (Å²) in [6.07, 6.45) is 4.25. The van der Waals surface area contributed by atoms with Crippen LogP contribution in [0.25, 0.3) is 0 Å². The van der Waals surface area contributed by atoms with E-state index < -0.39 is 30.1 Å². The van der Waals surface area contributed by atoms with E-state index in [9.17, 15) is 14.4 Å². The zero-order chi connectivity index (χ0) is 43.2. The van der Waals surface area contributed by atoms with Crippen molar-refractivity contribution in [1.29, 1.82) is 0 Å². The fraction of sp³-hybridized carbons (Fsp3) is 0.333. The van der Waals surface area contributed by atoms with Crippen LogP contribution in [-0.4, -0.2) is 80.8 Å². The van der Waals surface area contributed by atoms with E-state index in [2.05, 4.69) is 15.2 Å². The lowest BCUT2D eigenvalue weighted by Gasteiger charge is -2.43. The Labute approximate surface area is 371 Å². The number of fused-ring (bicyclic) bond motifs is 3. The van der Waals surface area contributed by atoms with Gasteiger partial charge in [0, 0.05) is 37.2 Å². The van der Waals surface area contributed by atoms with Crippen LogP contribution >= 0.6 is 23.2 Å². The van der Waals surface area contributed by atoms with E-state index in [1.165, 1.54) is 7.11 Å². The number of carbonyl (C=O) groups is 3. The molecular weight excluding hydrogens is 831 g/mol. The molecule has 62 heavy (non-hydrogen) atoms. The predicted molar refractivity (Wildman–Crippen MR) is 233 cm³/mol. The number of aromatic amines is 1. The van der Waals surface area contributed by atoms with Gasteiger partial charge in [0.1, 0.15) is 34.6 Å². The molecule has 9 rings (SSSR count). The number of ether oxygens (including phenoxy) is 5. The van der Waals surface area contributed by atoms with Crippen molar-refractivity contribution in [1.82, 2.24) is 15.1 Å². The Morgan fingerprint density at radius 3 is 2.23 bits per heavy atom. The quantitative estimate of drug-likeness (QED) is 0.104. The lowest BCUT2D eigenvalue weighted by atomic mass is 9.86. The lowest BCUT2D eigenvalue weighted by Crippen LogP contribution is -2.53. The largest absolute Gasteiger partial charge is 0.493 e. The van der Waals surface area contributed by atoms with Crippen molar-refractivity contribution < 1.29 is 43.1 Å². The normalized spacial score (nSPS) is 19.1. The minimum atomic E-state index is -0.751. The molecule has 3 atom stereocenters. The smallest absolute Gasteiger partial charge is 0.408 e. The van der Waals surface area contributed by atoms with E-state index in [4.69, 9.17) is 46.9 Å². The van der Waals surface area contributed by atoms with Gasteiger partial charge >= 0.3 is 12.1 Å². The van der Waals surface area contributed by atoms with E-state index >= 15 is 0 Å². The first-order valence-corrected chi connectivity index (χ1v) is 21.5. The predicted octanol–water partition coefficient (Wildman–Crippen LogP) is 7.91. The van der Waals surface area contributed by atoms with Crippen LogP contribution in [0.5, 0.6) is 17.2 Å². The number of halogens is 2. The van der Waals surface area contributed by atoms with Crippen LogP contribution < -0.4 is 24.5 Å². The van der Waals surface area contributed by atoms with E-state index in [0.29, 0.717) is 49.9 Å². The van der Waals surface area contributed by atoms with Crippen molar-refractivity contribution in [3.05, 3.63) is 153 Å². The van der Waals surface area contributed by atoms with Crippen LogP contribution in [0.15, 0.2) is 109 Å². The van der Waals surface area contributed by atoms with Crippen molar-refractivity contribution in [2.45, 2.75) is 44.1 Å². The molecule has 322 valence electrons. The number of nitrogens with one attached hydrogen (secondary N) is 2. The number of H-pyrrole nitrogens is 1. The molecule has 0 saturated carbocycles. The molecule has 12 nitrogen and oxygen atoms in total. The average molecular weight is 881 g/mol. The summed E-state index contributed by atoms with van der Waals surface area (Å²) in [5, 5.41) is 3.93. The first kappa shape index (κ1) is 42.9. The number of nitrogens with zero attached hydrogens (tertiary/aromatic N) is 2. The first-order chi connectivity index (χ1) is 30.1. The molecule has 0 spiro atoms. The van der Waals surface area contributed by atoms with Crippen LogP contribution in [0.1, 0.15) is 63.2 Å². The molecule has 2 bridgehead atoms. The molecule has 5 aromatic rings. The number of pyridine rings is 1. The Balaban J connectivity index is 0.886. The van der Waals surface area contributed by atoms with Gasteiger partial charge in [0.15, 0.2) is 23.9 Å². The fourth-order valence-electron chi connectivity index (χ4n) is 8.43. The van der Waals surface area contributed by atoms with Crippen molar-refractivity contribution >= 4 is 41.2 Å². The summed E-state index contributed by atoms with van der Waals surface area (Å²) < 4.78 is 29.3. The van der Waals surface area contributed by atoms with Crippen molar-refractivity contribution in [2.75, 3.05) is 46.9 Å². The molecule has 1 aromatic heterocycles. The highest BCUT2D eigenvalue weighted by atomic mass is 35.5. The number of carbonyl (C=O) groups excluding carboxylic acids is 3. The van der Waals surface area contributed by atoms with Crippen LogP contribution in [0, 0.1) is 11.8 Å². The maximum atomic E-state index is 13.6. The van der Waals surface area contributed by atoms with Crippen LogP contribution in [0.3, 0.4) is 0 Å². The number of aromatic nitrogens is 1. The Hall–Kier alpha value is -5.82. The zero-order valence-corrected chi connectivity index (χ0v) is 36.1. The minimum Gasteiger partial charge on any atom is -0.493 e. The molecule has 0 unspecified atom stereocenters. The summed E-state index contributed by atoms with van der Waals surface area (Å²) in [5.74, 6) is 0.863. The number of benzene rings is 4. The van der Waals surface area contributed by atoms with Gasteiger partial charge in [-0.15, -0.1) is 0 Å². The second-order valence-electron chi connectivity index (χ2n) is 15.9. The van der Waals surface area contributed by atoms with Crippen molar-refractivity contribution in [2.24, 2.45) is 11.8 Å². The SMILES string of the molecule is COc1ccc([C@H](Cc2c(Cl)c[nH+]cc2Cl)OC(=O)C2CN(C(=O)c3cccc(COc4cccc([C@@H](NC(=O)O[C@H]5CN6CCC5CC6)c5ccccc5)c4)c3)C2)cc1OC. The minimum absolute atomic E-state index is 0.107. The fourth-order valence-corrected chi connectivity index (χ4v) is 8.97. The third-order valence-corrected chi connectivity index (χ3v) is 12.6. The highest BCUT2D eigenvalue weighted by Gasteiger charge is 2.39. The Bertz CT molecular complexity index is 2370. The Kier molecular flexibility index (Phi) is 13.5. The van der Waals surface area contributed by atoms with Gasteiger partial charge in [-0.05, 0) is 90.5 Å². The summed E-state index contributed by atoms with van der Waals surface area (Å²) in [6.45, 7) is 3.52. The van der Waals surface area contributed by atoms with Gasteiger partial charge in [0.05, 0.1) is 26.2 Å². The number of piperidine rings is 3. The van der Waals surface area contributed by atoms with Gasteiger partial charge in [0.25, 0.3) is 5.91 Å². The molecule has 2 amide bonds. The molecule has 4 aliphatic heterocycles. The molecule has 5 heterocycles. The molecule has 14 heteroatoms. The highest BCUT2D eigenvalue weighted by Crippen LogP contribution is 2.36. The van der Waals surface area contributed by atoms with Crippen LogP contribution in [0.4, 0.5) is 4.79 Å². The maximum absolute atomic E-state index is 13.6.